The van der Waals surface area contributed by atoms with Crippen LogP contribution in [0.2, 0.25) is 5.15 Å². The first-order valence-corrected chi connectivity index (χ1v) is 6.13. The Morgan fingerprint density at radius 1 is 1.32 bits per heavy atom. The lowest BCUT2D eigenvalue weighted by Crippen LogP contribution is -2.27. The van der Waals surface area contributed by atoms with Crippen molar-refractivity contribution in [3.8, 4) is 0 Å². The van der Waals surface area contributed by atoms with Crippen LogP contribution in [0.5, 0.6) is 0 Å². The van der Waals surface area contributed by atoms with Gasteiger partial charge in [0, 0.05) is 11.8 Å². The summed E-state index contributed by atoms with van der Waals surface area (Å²) in [5, 5.41) is 2.82. The molecule has 2 aromatic rings. The molecule has 0 fully saturated rings. The first-order valence-electron chi connectivity index (χ1n) is 5.75. The minimum Gasteiger partial charge on any atom is -0.345 e. The molecule has 1 aromatic carbocycles. The summed E-state index contributed by atoms with van der Waals surface area (Å²) in [4.78, 5) is 15.8. The summed E-state index contributed by atoms with van der Waals surface area (Å²) in [6.07, 6.45) is 1.50. The molecule has 1 amide bonds. The fourth-order valence-corrected chi connectivity index (χ4v) is 1.94. The maximum Gasteiger partial charge on any atom is 0.254 e. The molecular formula is C14H12ClFN2O. The number of carbonyl (C=O) groups is 1. The third kappa shape index (κ3) is 3.09. The van der Waals surface area contributed by atoms with E-state index in [9.17, 15) is 9.18 Å². The number of benzene rings is 1. The Hall–Kier alpha value is -1.94. The average Bonchev–Trinajstić information content (AvgIpc) is 2.39. The van der Waals surface area contributed by atoms with E-state index in [1.54, 1.807) is 37.3 Å². The molecule has 0 spiro atoms. The quantitative estimate of drug-likeness (QED) is 0.875. The lowest BCUT2D eigenvalue weighted by atomic mass is 10.1. The number of nitrogens with one attached hydrogen (secondary N) is 1. The largest absolute Gasteiger partial charge is 0.345 e. The van der Waals surface area contributed by atoms with E-state index in [1.807, 2.05) is 0 Å². The minimum absolute atomic E-state index is 0.126. The normalized spacial score (nSPS) is 11.9. The van der Waals surface area contributed by atoms with E-state index >= 15 is 0 Å². The summed E-state index contributed by atoms with van der Waals surface area (Å²) in [6.45, 7) is 1.71. The van der Waals surface area contributed by atoms with Crippen molar-refractivity contribution in [1.82, 2.24) is 10.3 Å². The molecular weight excluding hydrogens is 267 g/mol. The predicted octanol–water partition coefficient (Wildman–Crippen LogP) is 3.37. The van der Waals surface area contributed by atoms with Crippen LogP contribution in [0, 0.1) is 5.82 Å². The van der Waals surface area contributed by atoms with E-state index in [0.717, 1.165) is 0 Å². The van der Waals surface area contributed by atoms with Gasteiger partial charge >= 0.3 is 0 Å². The molecule has 0 aliphatic heterocycles. The third-order valence-corrected chi connectivity index (χ3v) is 3.02. The molecule has 0 saturated heterocycles. The zero-order valence-corrected chi connectivity index (χ0v) is 11.0. The van der Waals surface area contributed by atoms with Crippen LogP contribution in [0.15, 0.2) is 42.6 Å². The van der Waals surface area contributed by atoms with Gasteiger partial charge in [0.05, 0.1) is 11.6 Å². The zero-order chi connectivity index (χ0) is 13.8. The summed E-state index contributed by atoms with van der Waals surface area (Å²) >= 11 is 5.83. The molecule has 3 nitrogen and oxygen atoms in total. The van der Waals surface area contributed by atoms with Gasteiger partial charge in [-0.3, -0.25) is 4.79 Å². The van der Waals surface area contributed by atoms with Gasteiger partial charge in [0.1, 0.15) is 11.0 Å². The Bertz CT molecular complexity index is 604. The molecule has 19 heavy (non-hydrogen) atoms. The average molecular weight is 279 g/mol. The summed E-state index contributed by atoms with van der Waals surface area (Å²) in [7, 11) is 0. The molecule has 98 valence electrons. The molecule has 1 heterocycles. The Morgan fingerprint density at radius 3 is 2.74 bits per heavy atom. The molecule has 1 atom stereocenters. The molecule has 0 bridgehead atoms. The van der Waals surface area contributed by atoms with Crippen LogP contribution in [-0.2, 0) is 0 Å². The van der Waals surface area contributed by atoms with Gasteiger partial charge in [0.15, 0.2) is 0 Å². The standard InChI is InChI=1S/C14H12ClFN2O/c1-9(10-5-2-3-7-12(10)16)18-14(19)11-6-4-8-17-13(11)15/h2-9H,1H3,(H,18,19)/t9-/m0/s1. The van der Waals surface area contributed by atoms with Gasteiger partial charge in [0.25, 0.3) is 5.91 Å². The summed E-state index contributed by atoms with van der Waals surface area (Å²) in [6, 6.07) is 9.04. The molecule has 0 saturated carbocycles. The van der Waals surface area contributed by atoms with Crippen LogP contribution in [0.25, 0.3) is 0 Å². The number of halogens is 2. The van der Waals surface area contributed by atoms with E-state index in [-0.39, 0.29) is 22.4 Å². The van der Waals surface area contributed by atoms with Crippen molar-refractivity contribution in [1.29, 1.82) is 0 Å². The number of nitrogens with zero attached hydrogens (tertiary/aromatic N) is 1. The molecule has 0 radical (unpaired) electrons. The molecule has 5 heteroatoms. The first-order chi connectivity index (χ1) is 9.09. The lowest BCUT2D eigenvalue weighted by Gasteiger charge is -2.15. The Morgan fingerprint density at radius 2 is 2.05 bits per heavy atom. The lowest BCUT2D eigenvalue weighted by molar-refractivity contribution is 0.0939. The maximum absolute atomic E-state index is 13.6. The maximum atomic E-state index is 13.6. The van der Waals surface area contributed by atoms with Crippen LogP contribution in [0.3, 0.4) is 0 Å². The van der Waals surface area contributed by atoms with E-state index in [2.05, 4.69) is 10.3 Å². The van der Waals surface area contributed by atoms with Crippen LogP contribution in [0.4, 0.5) is 4.39 Å². The highest BCUT2D eigenvalue weighted by Gasteiger charge is 2.16. The number of amides is 1. The van der Waals surface area contributed by atoms with Crippen LogP contribution < -0.4 is 5.32 Å². The molecule has 2 rings (SSSR count). The summed E-state index contributed by atoms with van der Waals surface area (Å²) in [5.74, 6) is -0.735. The number of hydrogen-bond acceptors (Lipinski definition) is 2. The van der Waals surface area contributed by atoms with E-state index < -0.39 is 6.04 Å². The number of rotatable bonds is 3. The Kier molecular flexibility index (Phi) is 4.12. The Balaban J connectivity index is 2.16. The van der Waals surface area contributed by atoms with Crippen molar-refractivity contribution in [2.45, 2.75) is 13.0 Å². The molecule has 0 aliphatic carbocycles. The fraction of sp³-hybridized carbons (Fsp3) is 0.143. The van der Waals surface area contributed by atoms with E-state index in [0.29, 0.717) is 5.56 Å². The smallest absolute Gasteiger partial charge is 0.254 e. The van der Waals surface area contributed by atoms with E-state index in [1.165, 1.54) is 12.3 Å². The molecule has 1 N–H and O–H groups in total. The van der Waals surface area contributed by atoms with Gasteiger partial charge in [0.2, 0.25) is 0 Å². The number of pyridine rings is 1. The van der Waals surface area contributed by atoms with E-state index in [4.69, 9.17) is 11.6 Å². The molecule has 0 aliphatic rings. The van der Waals surface area contributed by atoms with Crippen LogP contribution in [-0.4, -0.2) is 10.9 Å². The predicted molar refractivity (Wildman–Crippen MR) is 71.5 cm³/mol. The summed E-state index contributed by atoms with van der Waals surface area (Å²) in [5.41, 5.74) is 0.697. The monoisotopic (exact) mass is 278 g/mol. The molecule has 1 aromatic heterocycles. The van der Waals surface area contributed by atoms with Crippen molar-refractivity contribution in [2.75, 3.05) is 0 Å². The van der Waals surface area contributed by atoms with Gasteiger partial charge in [-0.05, 0) is 25.1 Å². The van der Waals surface area contributed by atoms with Gasteiger partial charge in [-0.1, -0.05) is 29.8 Å². The van der Waals surface area contributed by atoms with Crippen molar-refractivity contribution < 1.29 is 9.18 Å². The van der Waals surface area contributed by atoms with Crippen LogP contribution in [0.1, 0.15) is 28.9 Å². The van der Waals surface area contributed by atoms with Gasteiger partial charge in [-0.15, -0.1) is 0 Å². The minimum atomic E-state index is -0.454. The number of aromatic nitrogens is 1. The molecule has 0 unspecified atom stereocenters. The SMILES string of the molecule is C[C@H](NC(=O)c1cccnc1Cl)c1ccccc1F. The highest BCUT2D eigenvalue weighted by molar-refractivity contribution is 6.32. The van der Waals surface area contributed by atoms with Gasteiger partial charge < -0.3 is 5.32 Å². The van der Waals surface area contributed by atoms with Crippen molar-refractivity contribution in [2.24, 2.45) is 0 Å². The third-order valence-electron chi connectivity index (χ3n) is 2.72. The number of carbonyl (C=O) groups excluding carboxylic acids is 1. The summed E-state index contributed by atoms with van der Waals surface area (Å²) < 4.78 is 13.6. The second-order valence-corrected chi connectivity index (χ2v) is 4.42. The van der Waals surface area contributed by atoms with Crippen molar-refractivity contribution in [3.05, 3.63) is 64.7 Å². The highest BCUT2D eigenvalue weighted by Crippen LogP contribution is 2.18. The van der Waals surface area contributed by atoms with Crippen molar-refractivity contribution >= 4 is 17.5 Å². The topological polar surface area (TPSA) is 42.0 Å². The van der Waals surface area contributed by atoms with Crippen molar-refractivity contribution in [3.63, 3.8) is 0 Å². The number of hydrogen-bond donors (Lipinski definition) is 1. The highest BCUT2D eigenvalue weighted by atomic mass is 35.5. The van der Waals surface area contributed by atoms with Crippen LogP contribution >= 0.6 is 11.6 Å². The fourth-order valence-electron chi connectivity index (χ4n) is 1.73. The van der Waals surface area contributed by atoms with Gasteiger partial charge in [-0.25, -0.2) is 9.37 Å². The zero-order valence-electron chi connectivity index (χ0n) is 10.2. The second-order valence-electron chi connectivity index (χ2n) is 4.06. The first kappa shape index (κ1) is 13.5. The Labute approximate surface area is 115 Å². The second kappa shape index (κ2) is 5.80. The van der Waals surface area contributed by atoms with Gasteiger partial charge in [-0.2, -0.15) is 0 Å².